The van der Waals surface area contributed by atoms with Crippen molar-refractivity contribution in [3.63, 3.8) is 0 Å². The van der Waals surface area contributed by atoms with Gasteiger partial charge < -0.3 is 24.0 Å². The zero-order valence-electron chi connectivity index (χ0n) is 32.4. The monoisotopic (exact) mass is 730 g/mol. The fourth-order valence-corrected chi connectivity index (χ4v) is 5.68. The van der Waals surface area contributed by atoms with E-state index in [1.807, 2.05) is 51.4 Å². The minimum atomic E-state index is -0.973. The van der Waals surface area contributed by atoms with E-state index in [4.69, 9.17) is 19.2 Å². The summed E-state index contributed by atoms with van der Waals surface area (Å²) in [6.07, 6.45) is 2.06. The van der Waals surface area contributed by atoms with E-state index < -0.39 is 33.7 Å². The summed E-state index contributed by atoms with van der Waals surface area (Å²) in [4.78, 5) is 64.3. The van der Waals surface area contributed by atoms with Crippen LogP contribution in [0.5, 0.6) is 5.75 Å². The van der Waals surface area contributed by atoms with Crippen molar-refractivity contribution < 1.29 is 33.5 Å². The number of amides is 2. The minimum Gasteiger partial charge on any atom is -0.494 e. The number of para-hydroxylation sites is 1. The van der Waals surface area contributed by atoms with E-state index in [9.17, 15) is 24.5 Å². The average Bonchev–Trinajstić information content (AvgIpc) is 3.40. The molecule has 2 aromatic heterocycles. The van der Waals surface area contributed by atoms with Crippen LogP contribution >= 0.6 is 0 Å². The Morgan fingerprint density at radius 3 is 2.09 bits per heavy atom. The average molecular weight is 731 g/mol. The van der Waals surface area contributed by atoms with Crippen molar-refractivity contribution in [3.05, 3.63) is 64.5 Å². The number of nitro groups is 1. The van der Waals surface area contributed by atoms with Crippen molar-refractivity contribution in [2.45, 2.75) is 78.9 Å². The van der Waals surface area contributed by atoms with Crippen LogP contribution in [-0.4, -0.2) is 88.5 Å². The van der Waals surface area contributed by atoms with E-state index >= 15 is 0 Å². The number of carbonyl (C=O) groups excluding carboxylic acids is 3. The van der Waals surface area contributed by atoms with E-state index in [1.165, 1.54) is 34.9 Å². The standard InChI is InChI=1S/C38H48N7O8/c1-36(2,3)32-31(24-15-13-14-16-26(24)43(32)23-46)25-17-18-39-33(40-25)44(35(48)53-38(7,8)9)29-21-28(45(49)50)27(22-30(29)51-12)41(10)19-20-42(11)34(47)52-37(4,5)6/h13-18,21-22H,19-20H2,1-12H3. The number of rotatable bonds is 10. The highest BCUT2D eigenvalue weighted by Gasteiger charge is 2.34. The van der Waals surface area contributed by atoms with Crippen LogP contribution in [-0.2, 0) is 19.7 Å². The van der Waals surface area contributed by atoms with Gasteiger partial charge in [0, 0.05) is 67.6 Å². The number of fused-ring (bicyclic) bond motifs is 1. The summed E-state index contributed by atoms with van der Waals surface area (Å²) in [6, 6.07) is 11.7. The van der Waals surface area contributed by atoms with Crippen LogP contribution in [0.25, 0.3) is 22.2 Å². The molecule has 0 bridgehead atoms. The van der Waals surface area contributed by atoms with Crippen molar-refractivity contribution in [2.75, 3.05) is 44.1 Å². The van der Waals surface area contributed by atoms with E-state index in [1.54, 1.807) is 66.6 Å². The molecule has 0 aliphatic rings. The number of benzene rings is 2. The second-order valence-corrected chi connectivity index (χ2v) is 15.6. The number of carbonyl (C=O) groups is 2. The Morgan fingerprint density at radius 1 is 0.906 bits per heavy atom. The van der Waals surface area contributed by atoms with E-state index in [0.717, 1.165) is 10.3 Å². The fourth-order valence-electron chi connectivity index (χ4n) is 5.68. The second-order valence-electron chi connectivity index (χ2n) is 15.6. The summed E-state index contributed by atoms with van der Waals surface area (Å²) in [5.74, 6) is -0.0726. The molecule has 15 heteroatoms. The Hall–Kier alpha value is -5.73. The molecule has 283 valence electrons. The Bertz CT molecular complexity index is 2020. The maximum Gasteiger partial charge on any atom is 0.422 e. The lowest BCUT2D eigenvalue weighted by Crippen LogP contribution is -2.38. The van der Waals surface area contributed by atoms with E-state index in [2.05, 4.69) is 4.98 Å². The normalized spacial score (nSPS) is 11.9. The lowest BCUT2D eigenvalue weighted by Gasteiger charge is -2.29. The number of likely N-dealkylation sites (N-methyl/N-ethyl adjacent to an activating group) is 2. The van der Waals surface area contributed by atoms with Gasteiger partial charge in [0.2, 0.25) is 5.95 Å². The molecular weight excluding hydrogens is 682 g/mol. The SMILES string of the molecule is COc1cc(N(C)CCN(C)C(=O)OC(C)(C)C)c([N+](=O)[O-])cc1N(C(=O)OC(C)(C)C)c1nccc(-c2c(C(C)(C)C)n([C]=O)c3ccccc23)n1. The number of nitrogens with zero attached hydrogens (tertiary/aromatic N) is 7. The Morgan fingerprint density at radius 2 is 1.53 bits per heavy atom. The number of methoxy groups -OCH3 is 1. The highest BCUT2D eigenvalue weighted by atomic mass is 16.6. The molecule has 2 amide bonds. The number of aromatic nitrogens is 3. The number of nitro benzene ring substituents is 1. The third-order valence-electron chi connectivity index (χ3n) is 7.95. The molecule has 0 fully saturated rings. The quantitative estimate of drug-likeness (QED) is 0.117. The third kappa shape index (κ3) is 9.02. The molecule has 0 atom stereocenters. The predicted molar refractivity (Wildman–Crippen MR) is 203 cm³/mol. The van der Waals surface area contributed by atoms with Crippen molar-refractivity contribution >= 4 is 52.5 Å². The van der Waals surface area contributed by atoms with Gasteiger partial charge in [-0.3, -0.25) is 19.5 Å². The highest BCUT2D eigenvalue weighted by molar-refractivity contribution is 6.02. The molecule has 0 saturated heterocycles. The molecule has 2 aromatic carbocycles. The molecule has 0 saturated carbocycles. The lowest BCUT2D eigenvalue weighted by atomic mass is 9.87. The molecule has 0 spiro atoms. The summed E-state index contributed by atoms with van der Waals surface area (Å²) in [6.45, 7) is 16.6. The number of anilines is 3. The van der Waals surface area contributed by atoms with Crippen molar-refractivity contribution in [2.24, 2.45) is 0 Å². The summed E-state index contributed by atoms with van der Waals surface area (Å²) in [5, 5.41) is 13.3. The molecule has 4 aromatic rings. The van der Waals surface area contributed by atoms with Gasteiger partial charge in [-0.25, -0.2) is 24.5 Å². The highest BCUT2D eigenvalue weighted by Crippen LogP contribution is 2.44. The van der Waals surface area contributed by atoms with Crippen LogP contribution < -0.4 is 14.5 Å². The fraction of sp³-hybridized carbons (Fsp3) is 0.447. The maximum absolute atomic E-state index is 14.1. The van der Waals surface area contributed by atoms with Crippen LogP contribution in [0.15, 0.2) is 48.7 Å². The molecule has 0 aliphatic carbocycles. The van der Waals surface area contributed by atoms with Crippen molar-refractivity contribution in [3.8, 4) is 17.0 Å². The zero-order valence-corrected chi connectivity index (χ0v) is 32.4. The van der Waals surface area contributed by atoms with Gasteiger partial charge in [0.15, 0.2) is 0 Å². The first-order valence-electron chi connectivity index (χ1n) is 17.0. The summed E-state index contributed by atoms with van der Waals surface area (Å²) in [7, 11) is 4.59. The maximum atomic E-state index is 14.1. The van der Waals surface area contributed by atoms with Gasteiger partial charge in [0.05, 0.1) is 23.2 Å². The molecule has 0 N–H and O–H groups in total. The summed E-state index contributed by atoms with van der Waals surface area (Å²) in [5.41, 5.74) is -0.159. The molecule has 2 heterocycles. The van der Waals surface area contributed by atoms with Crippen LogP contribution in [0.1, 0.15) is 68.0 Å². The number of ether oxygens (including phenoxy) is 3. The van der Waals surface area contributed by atoms with Crippen LogP contribution in [0.3, 0.4) is 0 Å². The van der Waals surface area contributed by atoms with Crippen LogP contribution in [0.2, 0.25) is 0 Å². The predicted octanol–water partition coefficient (Wildman–Crippen LogP) is 7.60. The van der Waals surface area contributed by atoms with Gasteiger partial charge in [-0.05, 0) is 53.7 Å². The molecule has 0 unspecified atom stereocenters. The third-order valence-corrected chi connectivity index (χ3v) is 7.95. The van der Waals surface area contributed by atoms with Crippen molar-refractivity contribution in [1.29, 1.82) is 0 Å². The molecular formula is C38H48N7O8. The molecule has 1 radical (unpaired) electrons. The van der Waals surface area contributed by atoms with Gasteiger partial charge in [-0.2, -0.15) is 0 Å². The van der Waals surface area contributed by atoms with Gasteiger partial charge in [-0.1, -0.05) is 39.0 Å². The first-order valence-corrected chi connectivity index (χ1v) is 17.0. The van der Waals surface area contributed by atoms with E-state index in [0.29, 0.717) is 22.5 Å². The number of hydrogen-bond donors (Lipinski definition) is 0. The smallest absolute Gasteiger partial charge is 0.422 e. The summed E-state index contributed by atoms with van der Waals surface area (Å²) < 4.78 is 18.4. The first kappa shape index (κ1) is 40.0. The van der Waals surface area contributed by atoms with Gasteiger partial charge >= 0.3 is 18.6 Å². The van der Waals surface area contributed by atoms with Gasteiger partial charge in [0.1, 0.15) is 28.3 Å². The Kier molecular flexibility index (Phi) is 11.4. The molecule has 53 heavy (non-hydrogen) atoms. The minimum absolute atomic E-state index is 0.0479. The zero-order chi connectivity index (χ0) is 39.6. The summed E-state index contributed by atoms with van der Waals surface area (Å²) >= 11 is 0. The van der Waals surface area contributed by atoms with Gasteiger partial charge in [0.25, 0.3) is 5.69 Å². The van der Waals surface area contributed by atoms with Crippen LogP contribution in [0, 0.1) is 10.1 Å². The topological polar surface area (TPSA) is 162 Å². The second kappa shape index (κ2) is 15.1. The van der Waals surface area contributed by atoms with Crippen molar-refractivity contribution in [1.82, 2.24) is 19.4 Å². The Labute approximate surface area is 309 Å². The molecule has 15 nitrogen and oxygen atoms in total. The first-order chi connectivity index (χ1) is 24.6. The van der Waals surface area contributed by atoms with Gasteiger partial charge in [-0.15, -0.1) is 0 Å². The Balaban J connectivity index is 1.89. The molecule has 0 aliphatic heterocycles. The lowest BCUT2D eigenvalue weighted by molar-refractivity contribution is -0.384. The largest absolute Gasteiger partial charge is 0.494 e. The number of hydrogen-bond acceptors (Lipinski definition) is 11. The molecule has 4 rings (SSSR count). The van der Waals surface area contributed by atoms with E-state index in [-0.39, 0.29) is 41.8 Å². The van der Waals surface area contributed by atoms with Crippen LogP contribution in [0.4, 0.5) is 32.6 Å².